The number of benzene rings is 1. The fourth-order valence-electron chi connectivity index (χ4n) is 1.41. The van der Waals surface area contributed by atoms with Gasteiger partial charge in [0.15, 0.2) is 11.5 Å². The lowest BCUT2D eigenvalue weighted by Gasteiger charge is -2.10. The molecule has 0 aromatic heterocycles. The Kier molecular flexibility index (Phi) is 3.24. The highest BCUT2D eigenvalue weighted by molar-refractivity contribution is 8.09. The highest BCUT2D eigenvalue weighted by Gasteiger charge is 2.27. The van der Waals surface area contributed by atoms with Crippen molar-refractivity contribution in [3.8, 4) is 11.5 Å². The normalized spacial score (nSPS) is 16.9. The van der Waals surface area contributed by atoms with Crippen molar-refractivity contribution in [2.75, 3.05) is 13.7 Å². The maximum absolute atomic E-state index is 11.6. The number of rotatable bonds is 4. The van der Waals surface area contributed by atoms with Gasteiger partial charge in [-0.1, -0.05) is 12.1 Å². The number of hydrogen-bond acceptors (Lipinski definition) is 6. The number of para-hydroxylation sites is 2. The van der Waals surface area contributed by atoms with Crippen LogP contribution in [-0.4, -0.2) is 27.3 Å². The first-order chi connectivity index (χ1) is 8.55. The van der Waals surface area contributed by atoms with E-state index in [1.54, 1.807) is 24.3 Å². The van der Waals surface area contributed by atoms with Gasteiger partial charge in [-0.2, -0.15) is 0 Å². The monoisotopic (exact) mass is 268 g/mol. The summed E-state index contributed by atoms with van der Waals surface area (Å²) in [5.74, 6) is 0.990. The number of hydrogen-bond donors (Lipinski definition) is 1. The first-order valence-corrected chi connectivity index (χ1v) is 6.57. The standard InChI is InChI=1S/C11H12N2O4S/c1-16-9-4-2-3-5-10(9)17-7-8-6-13-11(12)18(8,14)15/h2-6H,7H2,1H3,(H2,12,13). The number of aliphatic imine (C=N–C) groups is 1. The lowest BCUT2D eigenvalue weighted by atomic mass is 10.3. The predicted molar refractivity (Wildman–Crippen MR) is 67.1 cm³/mol. The number of nitrogens with two attached hydrogens (primary N) is 1. The van der Waals surface area contributed by atoms with Crippen LogP contribution in [0, 0.1) is 0 Å². The van der Waals surface area contributed by atoms with Crippen LogP contribution in [0.3, 0.4) is 0 Å². The first-order valence-electron chi connectivity index (χ1n) is 5.09. The van der Waals surface area contributed by atoms with Gasteiger partial charge in [-0.25, -0.2) is 13.4 Å². The van der Waals surface area contributed by atoms with E-state index < -0.39 is 15.0 Å². The molecule has 0 bridgehead atoms. The quantitative estimate of drug-likeness (QED) is 0.866. The minimum absolute atomic E-state index is 0.0332. The molecule has 0 spiro atoms. The van der Waals surface area contributed by atoms with Gasteiger partial charge in [0, 0.05) is 6.20 Å². The second-order valence-corrected chi connectivity index (χ2v) is 5.46. The van der Waals surface area contributed by atoms with Crippen LogP contribution in [0.15, 0.2) is 40.4 Å². The third-order valence-electron chi connectivity index (χ3n) is 2.40. The van der Waals surface area contributed by atoms with E-state index >= 15 is 0 Å². The third-order valence-corrected chi connectivity index (χ3v) is 3.96. The Morgan fingerprint density at radius 3 is 2.50 bits per heavy atom. The minimum atomic E-state index is -3.63. The summed E-state index contributed by atoms with van der Waals surface area (Å²) in [6, 6.07) is 6.96. The summed E-state index contributed by atoms with van der Waals surface area (Å²) in [5.41, 5.74) is 5.26. The van der Waals surface area contributed by atoms with Gasteiger partial charge in [0.2, 0.25) is 15.0 Å². The Balaban J connectivity index is 2.11. The predicted octanol–water partition coefficient (Wildman–Crippen LogP) is 0.659. The Morgan fingerprint density at radius 1 is 1.28 bits per heavy atom. The molecule has 0 fully saturated rings. The third kappa shape index (κ3) is 2.17. The maximum atomic E-state index is 11.6. The van der Waals surface area contributed by atoms with E-state index in [9.17, 15) is 8.42 Å². The van der Waals surface area contributed by atoms with Gasteiger partial charge < -0.3 is 15.2 Å². The molecule has 1 aromatic rings. The van der Waals surface area contributed by atoms with Crippen molar-refractivity contribution in [3.63, 3.8) is 0 Å². The van der Waals surface area contributed by atoms with Gasteiger partial charge in [0.1, 0.15) is 11.5 Å². The molecule has 0 unspecified atom stereocenters. The summed E-state index contributed by atoms with van der Waals surface area (Å²) in [4.78, 5) is 3.59. The highest BCUT2D eigenvalue weighted by Crippen LogP contribution is 2.27. The Hall–Kier alpha value is -2.02. The zero-order valence-electron chi connectivity index (χ0n) is 9.66. The van der Waals surface area contributed by atoms with Crippen LogP contribution < -0.4 is 15.2 Å². The molecule has 0 amide bonds. The van der Waals surface area contributed by atoms with Crippen molar-refractivity contribution in [2.45, 2.75) is 0 Å². The van der Waals surface area contributed by atoms with E-state index in [-0.39, 0.29) is 11.5 Å². The zero-order valence-corrected chi connectivity index (χ0v) is 10.5. The van der Waals surface area contributed by atoms with E-state index in [2.05, 4.69) is 4.99 Å². The molecule has 1 aliphatic rings. The van der Waals surface area contributed by atoms with Crippen LogP contribution in [0.5, 0.6) is 11.5 Å². The van der Waals surface area contributed by atoms with Gasteiger partial charge in [-0.05, 0) is 12.1 Å². The van der Waals surface area contributed by atoms with Crippen molar-refractivity contribution in [1.82, 2.24) is 0 Å². The molecule has 1 heterocycles. The molecule has 7 heteroatoms. The van der Waals surface area contributed by atoms with E-state index in [0.29, 0.717) is 11.5 Å². The van der Waals surface area contributed by atoms with Crippen LogP contribution in [0.4, 0.5) is 0 Å². The zero-order chi connectivity index (χ0) is 13.2. The van der Waals surface area contributed by atoms with Crippen molar-refractivity contribution in [2.24, 2.45) is 10.7 Å². The first kappa shape index (κ1) is 12.4. The fourth-order valence-corrected chi connectivity index (χ4v) is 2.28. The van der Waals surface area contributed by atoms with Gasteiger partial charge in [0.25, 0.3) is 0 Å². The Bertz CT molecular complexity index is 620. The van der Waals surface area contributed by atoms with Crippen molar-refractivity contribution in [3.05, 3.63) is 35.4 Å². The molecule has 2 N–H and O–H groups in total. The average molecular weight is 268 g/mol. The largest absolute Gasteiger partial charge is 0.493 e. The summed E-state index contributed by atoms with van der Waals surface area (Å²) >= 11 is 0. The second-order valence-electron chi connectivity index (χ2n) is 3.51. The smallest absolute Gasteiger partial charge is 0.240 e. The van der Waals surface area contributed by atoms with Gasteiger partial charge >= 0.3 is 0 Å². The molecular weight excluding hydrogens is 256 g/mol. The van der Waals surface area contributed by atoms with Gasteiger partial charge in [-0.3, -0.25) is 0 Å². The molecule has 0 aliphatic carbocycles. The number of ether oxygens (including phenoxy) is 2. The molecule has 0 radical (unpaired) electrons. The molecule has 1 aromatic carbocycles. The molecule has 6 nitrogen and oxygen atoms in total. The van der Waals surface area contributed by atoms with Gasteiger partial charge in [-0.15, -0.1) is 0 Å². The Labute approximate surface area is 105 Å². The van der Waals surface area contributed by atoms with Crippen LogP contribution in [0.1, 0.15) is 0 Å². The molecule has 0 saturated carbocycles. The number of nitrogens with zero attached hydrogens (tertiary/aromatic N) is 1. The summed E-state index contributed by atoms with van der Waals surface area (Å²) in [5, 5.41) is -0.402. The summed E-state index contributed by atoms with van der Waals surface area (Å²) in [6.45, 7) is -0.132. The van der Waals surface area contributed by atoms with Crippen LogP contribution in [0.25, 0.3) is 0 Å². The van der Waals surface area contributed by atoms with E-state index in [4.69, 9.17) is 15.2 Å². The number of amidine groups is 1. The van der Waals surface area contributed by atoms with Crippen molar-refractivity contribution < 1.29 is 17.9 Å². The van der Waals surface area contributed by atoms with Crippen LogP contribution >= 0.6 is 0 Å². The van der Waals surface area contributed by atoms with Crippen LogP contribution in [-0.2, 0) is 9.84 Å². The van der Waals surface area contributed by atoms with E-state index in [0.717, 1.165) is 0 Å². The lowest BCUT2D eigenvalue weighted by molar-refractivity contribution is 0.323. The van der Waals surface area contributed by atoms with Crippen molar-refractivity contribution in [1.29, 1.82) is 0 Å². The SMILES string of the molecule is COc1ccccc1OCC1=CN=C(N)S1(=O)=O. The van der Waals surface area contributed by atoms with E-state index in [1.807, 2.05) is 0 Å². The fraction of sp³-hybridized carbons (Fsp3) is 0.182. The van der Waals surface area contributed by atoms with Gasteiger partial charge in [0.05, 0.1) is 7.11 Å². The maximum Gasteiger partial charge on any atom is 0.240 e. The van der Waals surface area contributed by atoms with Crippen LogP contribution in [0.2, 0.25) is 0 Å². The molecule has 0 atom stereocenters. The molecule has 0 saturated heterocycles. The average Bonchev–Trinajstić information content (AvgIpc) is 2.62. The molecule has 96 valence electrons. The highest BCUT2D eigenvalue weighted by atomic mass is 32.2. The Morgan fingerprint density at radius 2 is 1.94 bits per heavy atom. The molecule has 1 aliphatic heterocycles. The van der Waals surface area contributed by atoms with Crippen molar-refractivity contribution >= 4 is 15.0 Å². The summed E-state index contributed by atoms with van der Waals surface area (Å²) in [6.07, 6.45) is 1.19. The number of methoxy groups -OCH3 is 1. The summed E-state index contributed by atoms with van der Waals surface area (Å²) in [7, 11) is -2.12. The molecule has 2 rings (SSSR count). The second kappa shape index (κ2) is 4.69. The minimum Gasteiger partial charge on any atom is -0.493 e. The lowest BCUT2D eigenvalue weighted by Crippen LogP contribution is -2.23. The molecular formula is C11H12N2O4S. The van der Waals surface area contributed by atoms with E-state index in [1.165, 1.54) is 13.3 Å². The topological polar surface area (TPSA) is 91.0 Å². The summed E-state index contributed by atoms with van der Waals surface area (Å²) < 4.78 is 33.7. The number of sulfone groups is 1. The molecule has 18 heavy (non-hydrogen) atoms.